The van der Waals surface area contributed by atoms with E-state index >= 15 is 0 Å². The molecule has 0 unspecified atom stereocenters. The molecule has 0 aliphatic carbocycles. The highest BCUT2D eigenvalue weighted by Crippen LogP contribution is 2.19. The average Bonchev–Trinajstić information content (AvgIpc) is 2.47. The monoisotopic (exact) mass is 291 g/mol. The van der Waals surface area contributed by atoms with Gasteiger partial charge in [-0.15, -0.1) is 0 Å². The fraction of sp³-hybridized carbons (Fsp3) is 0.375. The molecule has 21 heavy (non-hydrogen) atoms. The lowest BCUT2D eigenvalue weighted by atomic mass is 10.0. The first-order valence-corrected chi connectivity index (χ1v) is 6.73. The molecule has 0 spiro atoms. The van der Waals surface area contributed by atoms with Crippen LogP contribution in [-0.2, 0) is 14.3 Å². The summed E-state index contributed by atoms with van der Waals surface area (Å²) in [4.78, 5) is 23.3. The van der Waals surface area contributed by atoms with Crippen molar-refractivity contribution in [3.63, 3.8) is 0 Å². The van der Waals surface area contributed by atoms with Crippen molar-refractivity contribution < 1.29 is 19.1 Å². The molecule has 0 aliphatic rings. The molecule has 0 heterocycles. The van der Waals surface area contributed by atoms with Crippen LogP contribution in [-0.4, -0.2) is 32.0 Å². The van der Waals surface area contributed by atoms with E-state index in [-0.39, 0.29) is 6.61 Å². The van der Waals surface area contributed by atoms with Gasteiger partial charge < -0.3 is 14.8 Å². The number of ether oxygens (including phenoxy) is 2. The van der Waals surface area contributed by atoms with Crippen LogP contribution >= 0.6 is 0 Å². The SMILES string of the molecule is CCOC(=O)[C@@H](Nc1ccc(OC)cc1)C(C=O)=C(C)C. The number of methoxy groups -OCH3 is 1. The molecular formula is C16H21NO4. The van der Waals surface area contributed by atoms with E-state index in [1.54, 1.807) is 52.1 Å². The third-order valence-electron chi connectivity index (χ3n) is 2.94. The molecule has 0 saturated carbocycles. The van der Waals surface area contributed by atoms with Crippen molar-refractivity contribution in [3.05, 3.63) is 35.4 Å². The van der Waals surface area contributed by atoms with Crippen LogP contribution in [0.3, 0.4) is 0 Å². The van der Waals surface area contributed by atoms with Gasteiger partial charge in [0.05, 0.1) is 13.7 Å². The lowest BCUT2D eigenvalue weighted by Crippen LogP contribution is -2.34. The molecule has 0 amide bonds. The minimum Gasteiger partial charge on any atom is -0.497 e. The number of hydrogen-bond donors (Lipinski definition) is 1. The number of nitrogens with one attached hydrogen (secondary N) is 1. The van der Waals surface area contributed by atoms with Crippen LogP contribution in [0.5, 0.6) is 5.75 Å². The molecule has 1 aromatic rings. The second kappa shape index (κ2) is 8.09. The summed E-state index contributed by atoms with van der Waals surface area (Å²) >= 11 is 0. The van der Waals surface area contributed by atoms with Crippen LogP contribution in [0.4, 0.5) is 5.69 Å². The van der Waals surface area contributed by atoms with Gasteiger partial charge in [-0.25, -0.2) is 4.79 Å². The van der Waals surface area contributed by atoms with Gasteiger partial charge in [0.15, 0.2) is 6.04 Å². The number of anilines is 1. The topological polar surface area (TPSA) is 64.6 Å². The van der Waals surface area contributed by atoms with E-state index in [0.29, 0.717) is 23.3 Å². The number of rotatable bonds is 7. The average molecular weight is 291 g/mol. The molecule has 0 radical (unpaired) electrons. The Labute approximate surface area is 124 Å². The normalized spacial score (nSPS) is 11.2. The molecule has 0 saturated heterocycles. The van der Waals surface area contributed by atoms with Crippen LogP contribution < -0.4 is 10.1 Å². The Hall–Kier alpha value is -2.30. The molecule has 0 fully saturated rings. The van der Waals surface area contributed by atoms with Crippen molar-refractivity contribution in [2.24, 2.45) is 0 Å². The van der Waals surface area contributed by atoms with E-state index in [0.717, 1.165) is 5.57 Å². The minimum absolute atomic E-state index is 0.258. The third-order valence-corrected chi connectivity index (χ3v) is 2.94. The van der Waals surface area contributed by atoms with E-state index in [1.807, 2.05) is 0 Å². The van der Waals surface area contributed by atoms with Crippen molar-refractivity contribution in [1.82, 2.24) is 0 Å². The van der Waals surface area contributed by atoms with E-state index in [9.17, 15) is 9.59 Å². The van der Waals surface area contributed by atoms with E-state index in [4.69, 9.17) is 9.47 Å². The third kappa shape index (κ3) is 4.63. The van der Waals surface area contributed by atoms with Crippen LogP contribution in [0.2, 0.25) is 0 Å². The molecule has 5 nitrogen and oxygen atoms in total. The number of aldehydes is 1. The summed E-state index contributed by atoms with van der Waals surface area (Å²) in [5.41, 5.74) is 1.85. The maximum atomic E-state index is 12.1. The van der Waals surface area contributed by atoms with Crippen molar-refractivity contribution in [1.29, 1.82) is 0 Å². The van der Waals surface area contributed by atoms with Crippen LogP contribution in [0, 0.1) is 0 Å². The number of allylic oxidation sites excluding steroid dienone is 1. The second-order valence-corrected chi connectivity index (χ2v) is 4.63. The quantitative estimate of drug-likeness (QED) is 0.475. The standard InChI is InChI=1S/C16H21NO4/c1-5-21-16(19)15(14(10-18)11(2)3)17-12-6-8-13(20-4)9-7-12/h6-10,15,17H,5H2,1-4H3/t15-/m0/s1. The first kappa shape index (κ1) is 16.8. The maximum absolute atomic E-state index is 12.1. The molecule has 1 atom stereocenters. The van der Waals surface area contributed by atoms with Gasteiger partial charge in [0.25, 0.3) is 0 Å². The van der Waals surface area contributed by atoms with Crippen molar-refractivity contribution in [3.8, 4) is 5.75 Å². The summed E-state index contributed by atoms with van der Waals surface area (Å²) in [5, 5.41) is 3.03. The van der Waals surface area contributed by atoms with E-state index in [1.165, 1.54) is 0 Å². The summed E-state index contributed by atoms with van der Waals surface area (Å²) in [5.74, 6) is 0.239. The lowest BCUT2D eigenvalue weighted by Gasteiger charge is -2.19. The number of benzene rings is 1. The molecule has 1 N–H and O–H groups in total. The van der Waals surface area contributed by atoms with Gasteiger partial charge in [-0.1, -0.05) is 5.57 Å². The molecule has 1 aromatic carbocycles. The molecule has 0 bridgehead atoms. The molecule has 1 rings (SSSR count). The molecule has 114 valence electrons. The predicted molar refractivity (Wildman–Crippen MR) is 81.5 cm³/mol. The lowest BCUT2D eigenvalue weighted by molar-refractivity contribution is -0.143. The van der Waals surface area contributed by atoms with Crippen molar-refractivity contribution >= 4 is 17.9 Å². The van der Waals surface area contributed by atoms with Gasteiger partial charge >= 0.3 is 5.97 Å². The van der Waals surface area contributed by atoms with Crippen molar-refractivity contribution in [2.45, 2.75) is 26.8 Å². The highest BCUT2D eigenvalue weighted by Gasteiger charge is 2.25. The van der Waals surface area contributed by atoms with Crippen LogP contribution in [0.15, 0.2) is 35.4 Å². The summed E-state index contributed by atoms with van der Waals surface area (Å²) in [6, 6.07) is 6.28. The predicted octanol–water partition coefficient (Wildman–Crippen LogP) is 2.57. The zero-order valence-corrected chi connectivity index (χ0v) is 12.8. The summed E-state index contributed by atoms with van der Waals surface area (Å²) < 4.78 is 10.1. The minimum atomic E-state index is -0.819. The van der Waals surface area contributed by atoms with Crippen LogP contribution in [0.25, 0.3) is 0 Å². The number of carbonyl (C=O) groups excluding carboxylic acids is 2. The zero-order valence-electron chi connectivity index (χ0n) is 12.8. The van der Waals surface area contributed by atoms with E-state index < -0.39 is 12.0 Å². The fourth-order valence-corrected chi connectivity index (χ4v) is 1.82. The first-order valence-electron chi connectivity index (χ1n) is 6.73. The Morgan fingerprint density at radius 2 is 1.90 bits per heavy atom. The fourth-order valence-electron chi connectivity index (χ4n) is 1.82. The van der Waals surface area contributed by atoms with Gasteiger partial charge in [0, 0.05) is 11.3 Å². The highest BCUT2D eigenvalue weighted by molar-refractivity contribution is 5.93. The van der Waals surface area contributed by atoms with Gasteiger partial charge in [-0.3, -0.25) is 4.79 Å². The molecule has 0 aliphatic heterocycles. The Balaban J connectivity index is 3.03. The Morgan fingerprint density at radius 1 is 1.29 bits per heavy atom. The number of carbonyl (C=O) groups is 2. The van der Waals surface area contributed by atoms with Gasteiger partial charge in [0.2, 0.25) is 0 Å². The van der Waals surface area contributed by atoms with Gasteiger partial charge in [-0.05, 0) is 45.0 Å². The highest BCUT2D eigenvalue weighted by atomic mass is 16.5. The molecule has 5 heteroatoms. The van der Waals surface area contributed by atoms with Gasteiger partial charge in [-0.2, -0.15) is 0 Å². The summed E-state index contributed by atoms with van der Waals surface area (Å²) in [6.45, 7) is 5.55. The Morgan fingerprint density at radius 3 is 2.33 bits per heavy atom. The Kier molecular flexibility index (Phi) is 6.46. The molecular weight excluding hydrogens is 270 g/mol. The smallest absolute Gasteiger partial charge is 0.333 e. The largest absolute Gasteiger partial charge is 0.497 e. The van der Waals surface area contributed by atoms with Crippen LogP contribution in [0.1, 0.15) is 20.8 Å². The number of esters is 1. The summed E-state index contributed by atoms with van der Waals surface area (Å²) in [6.07, 6.45) is 0.688. The van der Waals surface area contributed by atoms with Gasteiger partial charge in [0.1, 0.15) is 12.0 Å². The summed E-state index contributed by atoms with van der Waals surface area (Å²) in [7, 11) is 1.58. The second-order valence-electron chi connectivity index (χ2n) is 4.63. The van der Waals surface area contributed by atoms with E-state index in [2.05, 4.69) is 5.32 Å². The Bertz CT molecular complexity index is 516. The van der Waals surface area contributed by atoms with Crippen molar-refractivity contribution in [2.75, 3.05) is 19.0 Å². The first-order chi connectivity index (χ1) is 10.0. The number of hydrogen-bond acceptors (Lipinski definition) is 5. The zero-order chi connectivity index (χ0) is 15.8. The molecule has 0 aromatic heterocycles. The maximum Gasteiger partial charge on any atom is 0.333 e.